The molecule has 0 aromatic heterocycles. The highest BCUT2D eigenvalue weighted by molar-refractivity contribution is 9.10. The summed E-state index contributed by atoms with van der Waals surface area (Å²) in [7, 11) is 0. The van der Waals surface area contributed by atoms with Gasteiger partial charge in [-0.2, -0.15) is 0 Å². The SMILES string of the molecule is Cc1cc(OCC(N)=O)cc(C)c1Br. The highest BCUT2D eigenvalue weighted by Crippen LogP contribution is 2.26. The van der Waals surface area contributed by atoms with Crippen LogP contribution in [0.15, 0.2) is 16.6 Å². The molecular formula is C10H12BrNO2. The summed E-state index contributed by atoms with van der Waals surface area (Å²) in [6, 6.07) is 3.72. The van der Waals surface area contributed by atoms with Gasteiger partial charge in [0.05, 0.1) is 0 Å². The third kappa shape index (κ3) is 2.73. The average molecular weight is 258 g/mol. The average Bonchev–Trinajstić information content (AvgIpc) is 2.10. The minimum Gasteiger partial charge on any atom is -0.484 e. The number of primary amides is 1. The van der Waals surface area contributed by atoms with E-state index in [9.17, 15) is 4.79 Å². The molecule has 0 aliphatic rings. The van der Waals surface area contributed by atoms with Gasteiger partial charge in [0.25, 0.3) is 5.91 Å². The van der Waals surface area contributed by atoms with Gasteiger partial charge in [0, 0.05) is 4.47 Å². The van der Waals surface area contributed by atoms with Gasteiger partial charge in [-0.1, -0.05) is 15.9 Å². The van der Waals surface area contributed by atoms with Crippen LogP contribution in [-0.2, 0) is 4.79 Å². The standard InChI is InChI=1S/C10H12BrNO2/c1-6-3-8(14-5-9(12)13)4-7(2)10(6)11/h3-4H,5H2,1-2H3,(H2,12,13). The fourth-order valence-corrected chi connectivity index (χ4v) is 1.37. The molecule has 14 heavy (non-hydrogen) atoms. The van der Waals surface area contributed by atoms with Crippen LogP contribution in [0, 0.1) is 13.8 Å². The maximum Gasteiger partial charge on any atom is 0.255 e. The maximum absolute atomic E-state index is 10.5. The molecule has 1 aromatic carbocycles. The summed E-state index contributed by atoms with van der Waals surface area (Å²) in [6.07, 6.45) is 0. The van der Waals surface area contributed by atoms with E-state index in [4.69, 9.17) is 10.5 Å². The van der Waals surface area contributed by atoms with Crippen LogP contribution < -0.4 is 10.5 Å². The Kier molecular flexibility index (Phi) is 3.52. The number of carbonyl (C=O) groups is 1. The van der Waals surface area contributed by atoms with Crippen LogP contribution in [0.5, 0.6) is 5.75 Å². The predicted molar refractivity (Wildman–Crippen MR) is 58.3 cm³/mol. The number of halogens is 1. The first-order valence-corrected chi connectivity index (χ1v) is 4.98. The van der Waals surface area contributed by atoms with E-state index >= 15 is 0 Å². The van der Waals surface area contributed by atoms with Gasteiger partial charge in [-0.25, -0.2) is 0 Å². The van der Waals surface area contributed by atoms with Crippen LogP contribution >= 0.6 is 15.9 Å². The van der Waals surface area contributed by atoms with E-state index in [1.165, 1.54) is 0 Å². The second-order valence-electron chi connectivity index (χ2n) is 3.13. The van der Waals surface area contributed by atoms with Crippen molar-refractivity contribution in [3.05, 3.63) is 27.7 Å². The molecule has 0 saturated carbocycles. The zero-order valence-corrected chi connectivity index (χ0v) is 9.72. The second kappa shape index (κ2) is 4.46. The van der Waals surface area contributed by atoms with E-state index < -0.39 is 5.91 Å². The third-order valence-electron chi connectivity index (χ3n) is 1.79. The Morgan fingerprint density at radius 3 is 2.36 bits per heavy atom. The molecule has 1 rings (SSSR count). The second-order valence-corrected chi connectivity index (χ2v) is 3.92. The van der Waals surface area contributed by atoms with Gasteiger partial charge in [0.1, 0.15) is 5.75 Å². The number of amides is 1. The van der Waals surface area contributed by atoms with Gasteiger partial charge in [0.2, 0.25) is 0 Å². The highest BCUT2D eigenvalue weighted by atomic mass is 79.9. The summed E-state index contributed by atoms with van der Waals surface area (Å²) in [5, 5.41) is 0. The number of nitrogens with two attached hydrogens (primary N) is 1. The smallest absolute Gasteiger partial charge is 0.255 e. The Balaban J connectivity index is 2.84. The van der Waals surface area contributed by atoms with Crippen molar-refractivity contribution < 1.29 is 9.53 Å². The lowest BCUT2D eigenvalue weighted by Gasteiger charge is -2.08. The first kappa shape index (κ1) is 11.0. The lowest BCUT2D eigenvalue weighted by atomic mass is 10.1. The fourth-order valence-electron chi connectivity index (χ4n) is 1.14. The van der Waals surface area contributed by atoms with Crippen LogP contribution in [0.3, 0.4) is 0 Å². The molecule has 0 radical (unpaired) electrons. The fraction of sp³-hybridized carbons (Fsp3) is 0.300. The molecule has 0 aliphatic heterocycles. The summed E-state index contributed by atoms with van der Waals surface area (Å²) in [5.74, 6) is 0.199. The van der Waals surface area contributed by atoms with Crippen LogP contribution in [-0.4, -0.2) is 12.5 Å². The predicted octanol–water partition coefficient (Wildman–Crippen LogP) is 1.93. The van der Waals surface area contributed by atoms with Crippen molar-refractivity contribution in [3.8, 4) is 5.75 Å². The number of aryl methyl sites for hydroxylation is 2. The molecule has 76 valence electrons. The van der Waals surface area contributed by atoms with Gasteiger partial charge < -0.3 is 10.5 Å². The molecule has 0 aliphatic carbocycles. The summed E-state index contributed by atoms with van der Waals surface area (Å²) < 4.78 is 6.25. The zero-order chi connectivity index (χ0) is 10.7. The van der Waals surface area contributed by atoms with E-state index in [0.29, 0.717) is 5.75 Å². The number of hydrogen-bond acceptors (Lipinski definition) is 2. The lowest BCUT2D eigenvalue weighted by molar-refractivity contribution is -0.119. The van der Waals surface area contributed by atoms with E-state index in [-0.39, 0.29) is 6.61 Å². The molecule has 4 heteroatoms. The number of rotatable bonds is 3. The van der Waals surface area contributed by atoms with Crippen molar-refractivity contribution in [2.24, 2.45) is 5.73 Å². The van der Waals surface area contributed by atoms with Crippen LogP contribution in [0.25, 0.3) is 0 Å². The number of hydrogen-bond donors (Lipinski definition) is 1. The summed E-state index contributed by atoms with van der Waals surface area (Å²) in [5.41, 5.74) is 7.12. The summed E-state index contributed by atoms with van der Waals surface area (Å²) in [4.78, 5) is 10.5. The van der Waals surface area contributed by atoms with E-state index in [1.807, 2.05) is 26.0 Å². The maximum atomic E-state index is 10.5. The third-order valence-corrected chi connectivity index (χ3v) is 3.04. The van der Waals surface area contributed by atoms with Crippen molar-refractivity contribution in [2.75, 3.05) is 6.61 Å². The van der Waals surface area contributed by atoms with Crippen molar-refractivity contribution in [1.29, 1.82) is 0 Å². The molecule has 1 amide bonds. The topological polar surface area (TPSA) is 52.3 Å². The molecule has 0 atom stereocenters. The van der Waals surface area contributed by atoms with E-state index in [0.717, 1.165) is 15.6 Å². The van der Waals surface area contributed by atoms with Crippen molar-refractivity contribution >= 4 is 21.8 Å². The van der Waals surface area contributed by atoms with Crippen molar-refractivity contribution in [2.45, 2.75) is 13.8 Å². The molecule has 0 unspecified atom stereocenters. The lowest BCUT2D eigenvalue weighted by Crippen LogP contribution is -2.20. The van der Waals surface area contributed by atoms with Crippen molar-refractivity contribution in [3.63, 3.8) is 0 Å². The first-order chi connectivity index (χ1) is 6.50. The molecule has 2 N–H and O–H groups in total. The molecular weight excluding hydrogens is 246 g/mol. The van der Waals surface area contributed by atoms with Crippen molar-refractivity contribution in [1.82, 2.24) is 0 Å². The monoisotopic (exact) mass is 257 g/mol. The van der Waals surface area contributed by atoms with Gasteiger partial charge in [-0.05, 0) is 37.1 Å². The van der Waals surface area contributed by atoms with Gasteiger partial charge in [-0.15, -0.1) is 0 Å². The number of benzene rings is 1. The Morgan fingerprint density at radius 2 is 1.93 bits per heavy atom. The Hall–Kier alpha value is -1.03. The largest absolute Gasteiger partial charge is 0.484 e. The van der Waals surface area contributed by atoms with Gasteiger partial charge in [0.15, 0.2) is 6.61 Å². The highest BCUT2D eigenvalue weighted by Gasteiger charge is 2.03. The van der Waals surface area contributed by atoms with Gasteiger partial charge in [-0.3, -0.25) is 4.79 Å². The molecule has 1 aromatic rings. The van der Waals surface area contributed by atoms with Gasteiger partial charge >= 0.3 is 0 Å². The normalized spacial score (nSPS) is 9.93. The molecule has 0 heterocycles. The Labute approximate surface area is 91.4 Å². The Bertz CT molecular complexity index is 340. The zero-order valence-electron chi connectivity index (χ0n) is 8.13. The molecule has 0 spiro atoms. The number of ether oxygens (including phenoxy) is 1. The van der Waals surface area contributed by atoms with E-state index in [1.54, 1.807) is 0 Å². The molecule has 0 bridgehead atoms. The van der Waals surface area contributed by atoms with Crippen LogP contribution in [0.4, 0.5) is 0 Å². The number of carbonyl (C=O) groups excluding carboxylic acids is 1. The molecule has 3 nitrogen and oxygen atoms in total. The Morgan fingerprint density at radius 1 is 1.43 bits per heavy atom. The van der Waals surface area contributed by atoms with E-state index in [2.05, 4.69) is 15.9 Å². The first-order valence-electron chi connectivity index (χ1n) is 4.18. The molecule has 0 fully saturated rings. The van der Waals surface area contributed by atoms with Crippen LogP contribution in [0.2, 0.25) is 0 Å². The summed E-state index contributed by atoms with van der Waals surface area (Å²) >= 11 is 3.45. The molecule has 0 saturated heterocycles. The minimum absolute atomic E-state index is 0.0828. The summed E-state index contributed by atoms with van der Waals surface area (Å²) in [6.45, 7) is 3.85. The van der Waals surface area contributed by atoms with Crippen LogP contribution in [0.1, 0.15) is 11.1 Å². The minimum atomic E-state index is -0.469. The quantitative estimate of drug-likeness (QED) is 0.900.